The summed E-state index contributed by atoms with van der Waals surface area (Å²) in [6.45, 7) is 9.20. The Bertz CT molecular complexity index is 508. The number of hydrogen-bond donors (Lipinski definition) is 0. The van der Waals surface area contributed by atoms with E-state index in [-0.39, 0.29) is 6.61 Å². The average molecular weight is 423 g/mol. The number of hydrogen-bond acceptors (Lipinski definition) is 8. The molecule has 9 heteroatoms. The summed E-state index contributed by atoms with van der Waals surface area (Å²) in [5, 5.41) is -0.785. The van der Waals surface area contributed by atoms with E-state index in [0.29, 0.717) is 0 Å². The topological polar surface area (TPSA) is 97.4 Å². The Labute approximate surface area is 154 Å². The van der Waals surface area contributed by atoms with Crippen LogP contribution in [-0.2, 0) is 38.1 Å². The van der Waals surface area contributed by atoms with Crippen LogP contribution >= 0.6 is 15.9 Å². The molecule has 1 rings (SSSR count). The maximum atomic E-state index is 11.5. The number of halogens is 1. The van der Waals surface area contributed by atoms with Crippen LogP contribution in [-0.4, -0.2) is 60.0 Å². The minimum absolute atomic E-state index is 0.256. The van der Waals surface area contributed by atoms with Gasteiger partial charge in [0.1, 0.15) is 6.10 Å². The standard InChI is InChI=1S/C16H23BrO8/c1-6-7-21-8(2)12-13(22-9(3)18)14(23-10(4)19)15(16(17)25-12)24-11(5)20/h6,8,12-16H,1,7H2,2-5H3/t8-,12+,13-,14-,15+,16?/m0/s1. The van der Waals surface area contributed by atoms with Gasteiger partial charge in [-0.15, -0.1) is 6.58 Å². The number of rotatable bonds is 7. The zero-order chi connectivity index (χ0) is 19.1. The van der Waals surface area contributed by atoms with Gasteiger partial charge in [0.15, 0.2) is 23.3 Å². The van der Waals surface area contributed by atoms with Gasteiger partial charge in [-0.05, 0) is 6.92 Å². The normalized spacial score (nSPS) is 30.0. The van der Waals surface area contributed by atoms with Crippen LogP contribution in [0.3, 0.4) is 0 Å². The van der Waals surface area contributed by atoms with E-state index < -0.39 is 53.4 Å². The number of esters is 3. The second-order valence-electron chi connectivity index (χ2n) is 5.50. The second-order valence-corrected chi connectivity index (χ2v) is 6.40. The molecular weight excluding hydrogens is 400 g/mol. The van der Waals surface area contributed by atoms with Crippen molar-refractivity contribution in [1.29, 1.82) is 0 Å². The summed E-state index contributed by atoms with van der Waals surface area (Å²) in [6.07, 6.45) is -2.77. The highest BCUT2D eigenvalue weighted by molar-refractivity contribution is 9.09. The summed E-state index contributed by atoms with van der Waals surface area (Å²) in [6, 6.07) is 0. The van der Waals surface area contributed by atoms with Crippen molar-refractivity contribution in [3.8, 4) is 0 Å². The molecule has 142 valence electrons. The molecule has 0 spiro atoms. The van der Waals surface area contributed by atoms with Gasteiger partial charge >= 0.3 is 17.9 Å². The van der Waals surface area contributed by atoms with E-state index in [1.807, 2.05) is 0 Å². The monoisotopic (exact) mass is 422 g/mol. The first-order valence-electron chi connectivity index (χ1n) is 7.71. The van der Waals surface area contributed by atoms with Gasteiger partial charge in [0.05, 0.1) is 12.7 Å². The Kier molecular flexibility index (Phi) is 8.54. The predicted molar refractivity (Wildman–Crippen MR) is 89.9 cm³/mol. The third kappa shape index (κ3) is 6.41. The molecule has 0 aromatic heterocycles. The Morgan fingerprint density at radius 2 is 1.52 bits per heavy atom. The molecule has 0 aromatic rings. The van der Waals surface area contributed by atoms with Crippen molar-refractivity contribution < 1.29 is 38.1 Å². The van der Waals surface area contributed by atoms with Crippen molar-refractivity contribution >= 4 is 33.8 Å². The minimum atomic E-state index is -1.05. The highest BCUT2D eigenvalue weighted by Crippen LogP contribution is 2.33. The molecule has 1 heterocycles. The van der Waals surface area contributed by atoms with Crippen molar-refractivity contribution in [1.82, 2.24) is 0 Å². The average Bonchev–Trinajstić information content (AvgIpc) is 2.49. The van der Waals surface area contributed by atoms with Crippen molar-refractivity contribution in [2.24, 2.45) is 0 Å². The van der Waals surface area contributed by atoms with Crippen LogP contribution < -0.4 is 0 Å². The van der Waals surface area contributed by atoms with Crippen LogP contribution in [0.1, 0.15) is 27.7 Å². The minimum Gasteiger partial charge on any atom is -0.456 e. The van der Waals surface area contributed by atoms with Crippen LogP contribution in [0.5, 0.6) is 0 Å². The Balaban J connectivity index is 3.17. The third-order valence-electron chi connectivity index (χ3n) is 3.36. The fourth-order valence-corrected chi connectivity index (χ4v) is 3.14. The summed E-state index contributed by atoms with van der Waals surface area (Å²) in [5.41, 5.74) is 0. The molecule has 8 nitrogen and oxygen atoms in total. The molecule has 0 saturated carbocycles. The van der Waals surface area contributed by atoms with Crippen molar-refractivity contribution in [3.05, 3.63) is 12.7 Å². The Morgan fingerprint density at radius 3 is 2.00 bits per heavy atom. The predicted octanol–water partition coefficient (Wildman–Crippen LogP) is 1.49. The van der Waals surface area contributed by atoms with Crippen LogP contribution in [0.25, 0.3) is 0 Å². The molecule has 25 heavy (non-hydrogen) atoms. The molecular formula is C16H23BrO8. The number of carbonyl (C=O) groups is 3. The first-order valence-corrected chi connectivity index (χ1v) is 8.62. The van der Waals surface area contributed by atoms with Gasteiger partial charge in [0, 0.05) is 20.8 Å². The molecule has 1 fully saturated rings. The first kappa shape index (κ1) is 21.6. The van der Waals surface area contributed by atoms with E-state index in [9.17, 15) is 14.4 Å². The quantitative estimate of drug-likeness (QED) is 0.263. The molecule has 1 aliphatic rings. The van der Waals surface area contributed by atoms with E-state index in [1.165, 1.54) is 20.8 Å². The Morgan fingerprint density at radius 1 is 1.04 bits per heavy atom. The number of carbonyl (C=O) groups excluding carboxylic acids is 3. The summed E-state index contributed by atoms with van der Waals surface area (Å²) in [5.74, 6) is -1.80. The highest BCUT2D eigenvalue weighted by atomic mass is 79.9. The van der Waals surface area contributed by atoms with E-state index in [4.69, 9.17) is 23.7 Å². The van der Waals surface area contributed by atoms with Crippen LogP contribution in [0.15, 0.2) is 12.7 Å². The van der Waals surface area contributed by atoms with Crippen molar-refractivity contribution in [2.45, 2.75) is 63.2 Å². The molecule has 6 atom stereocenters. The lowest BCUT2D eigenvalue weighted by molar-refractivity contribution is -0.245. The second kappa shape index (κ2) is 9.88. The number of ether oxygens (including phenoxy) is 5. The molecule has 1 unspecified atom stereocenters. The maximum Gasteiger partial charge on any atom is 0.303 e. The van der Waals surface area contributed by atoms with Gasteiger partial charge in [-0.25, -0.2) is 0 Å². The van der Waals surface area contributed by atoms with E-state index in [1.54, 1.807) is 13.0 Å². The zero-order valence-electron chi connectivity index (χ0n) is 14.6. The number of alkyl halides is 1. The molecule has 0 amide bonds. The van der Waals surface area contributed by atoms with Crippen LogP contribution in [0, 0.1) is 0 Å². The zero-order valence-corrected chi connectivity index (χ0v) is 16.2. The van der Waals surface area contributed by atoms with E-state index in [0.717, 1.165) is 0 Å². The van der Waals surface area contributed by atoms with Gasteiger partial charge in [-0.1, -0.05) is 22.0 Å². The molecule has 0 aromatic carbocycles. The lowest BCUT2D eigenvalue weighted by Crippen LogP contribution is -2.62. The molecule has 1 aliphatic heterocycles. The molecule has 0 aliphatic carbocycles. The summed E-state index contributed by atoms with van der Waals surface area (Å²) < 4.78 is 27.2. The SMILES string of the molecule is C=CCO[C@@H](C)[C@H]1OC(Br)[C@H](OC(C)=O)[C@@H](OC(C)=O)[C@H]1OC(C)=O. The van der Waals surface area contributed by atoms with Crippen LogP contribution in [0.2, 0.25) is 0 Å². The lowest BCUT2D eigenvalue weighted by Gasteiger charge is -2.44. The van der Waals surface area contributed by atoms with Crippen molar-refractivity contribution in [3.63, 3.8) is 0 Å². The molecule has 0 N–H and O–H groups in total. The maximum absolute atomic E-state index is 11.5. The largest absolute Gasteiger partial charge is 0.456 e. The van der Waals surface area contributed by atoms with Crippen LogP contribution in [0.4, 0.5) is 0 Å². The molecule has 0 radical (unpaired) electrons. The first-order chi connectivity index (χ1) is 11.7. The van der Waals surface area contributed by atoms with E-state index >= 15 is 0 Å². The fraction of sp³-hybridized carbons (Fsp3) is 0.688. The van der Waals surface area contributed by atoms with Crippen molar-refractivity contribution in [2.75, 3.05) is 6.61 Å². The molecule has 1 saturated heterocycles. The fourth-order valence-electron chi connectivity index (χ4n) is 2.48. The summed E-state index contributed by atoms with van der Waals surface area (Å²) in [4.78, 5) is 34.5. The lowest BCUT2D eigenvalue weighted by atomic mass is 9.96. The molecule has 0 bridgehead atoms. The van der Waals surface area contributed by atoms with Gasteiger partial charge in [0.2, 0.25) is 0 Å². The highest BCUT2D eigenvalue weighted by Gasteiger charge is 2.52. The van der Waals surface area contributed by atoms with Gasteiger partial charge in [-0.2, -0.15) is 0 Å². The summed E-state index contributed by atoms with van der Waals surface area (Å²) in [7, 11) is 0. The van der Waals surface area contributed by atoms with E-state index in [2.05, 4.69) is 22.5 Å². The van der Waals surface area contributed by atoms with Gasteiger partial charge in [-0.3, -0.25) is 14.4 Å². The van der Waals surface area contributed by atoms with Gasteiger partial charge < -0.3 is 23.7 Å². The van der Waals surface area contributed by atoms with Gasteiger partial charge in [0.25, 0.3) is 0 Å². The third-order valence-corrected chi connectivity index (χ3v) is 4.10. The smallest absolute Gasteiger partial charge is 0.303 e. The summed E-state index contributed by atoms with van der Waals surface area (Å²) >= 11 is 3.28. The Hall–Kier alpha value is -1.45.